The van der Waals surface area contributed by atoms with Crippen molar-refractivity contribution in [2.75, 3.05) is 12.3 Å². The van der Waals surface area contributed by atoms with Crippen molar-refractivity contribution in [3.05, 3.63) is 39.4 Å². The van der Waals surface area contributed by atoms with Crippen LogP contribution in [-0.2, 0) is 0 Å². The lowest BCUT2D eigenvalue weighted by Crippen LogP contribution is -2.34. The minimum atomic E-state index is -0.643. The Kier molecular flexibility index (Phi) is 3.57. The number of hydrogen-bond acceptors (Lipinski definition) is 5. The van der Waals surface area contributed by atoms with Crippen LogP contribution in [0.2, 0.25) is 0 Å². The normalized spacial score (nSPS) is 15.6. The van der Waals surface area contributed by atoms with Crippen LogP contribution in [0.15, 0.2) is 18.2 Å². The molecule has 1 heterocycles. The van der Waals surface area contributed by atoms with E-state index in [-0.39, 0.29) is 29.3 Å². The highest BCUT2D eigenvalue weighted by molar-refractivity contribution is 7.80. The van der Waals surface area contributed by atoms with Gasteiger partial charge in [-0.25, -0.2) is 0 Å². The first-order chi connectivity index (χ1) is 8.97. The zero-order chi connectivity index (χ0) is 14.2. The van der Waals surface area contributed by atoms with Gasteiger partial charge in [-0.1, -0.05) is 13.0 Å². The SMILES string of the molecule is CC(CS)CN1C(=O)c2cccc([N+](=O)[O-])c2C1=O. The van der Waals surface area contributed by atoms with Crippen molar-refractivity contribution in [2.24, 2.45) is 5.92 Å². The molecular weight excluding hydrogens is 268 g/mol. The van der Waals surface area contributed by atoms with Gasteiger partial charge in [0.1, 0.15) is 5.56 Å². The average Bonchev–Trinajstić information content (AvgIpc) is 2.63. The summed E-state index contributed by atoms with van der Waals surface area (Å²) in [6.07, 6.45) is 0. The van der Waals surface area contributed by atoms with E-state index in [0.717, 1.165) is 4.90 Å². The fourth-order valence-electron chi connectivity index (χ4n) is 2.00. The second-order valence-corrected chi connectivity index (χ2v) is 4.83. The third-order valence-electron chi connectivity index (χ3n) is 2.98. The molecule has 1 atom stereocenters. The average molecular weight is 280 g/mol. The molecule has 19 heavy (non-hydrogen) atoms. The number of benzene rings is 1. The third-order valence-corrected chi connectivity index (χ3v) is 3.60. The van der Waals surface area contributed by atoms with E-state index in [2.05, 4.69) is 12.6 Å². The van der Waals surface area contributed by atoms with E-state index in [0.29, 0.717) is 5.75 Å². The van der Waals surface area contributed by atoms with Crippen molar-refractivity contribution < 1.29 is 14.5 Å². The monoisotopic (exact) mass is 280 g/mol. The maximum Gasteiger partial charge on any atom is 0.282 e. The minimum Gasteiger partial charge on any atom is -0.274 e. The van der Waals surface area contributed by atoms with E-state index in [4.69, 9.17) is 0 Å². The molecule has 0 aromatic heterocycles. The van der Waals surface area contributed by atoms with Gasteiger partial charge in [0.2, 0.25) is 0 Å². The highest BCUT2D eigenvalue weighted by Crippen LogP contribution is 2.31. The fraction of sp³-hybridized carbons (Fsp3) is 0.333. The predicted molar refractivity (Wildman–Crippen MR) is 71.5 cm³/mol. The maximum atomic E-state index is 12.2. The van der Waals surface area contributed by atoms with Gasteiger partial charge in [0.05, 0.1) is 10.5 Å². The Hall–Kier alpha value is -1.89. The van der Waals surface area contributed by atoms with Crippen LogP contribution >= 0.6 is 12.6 Å². The smallest absolute Gasteiger partial charge is 0.274 e. The molecule has 0 aliphatic carbocycles. The molecule has 7 heteroatoms. The quantitative estimate of drug-likeness (QED) is 0.394. The van der Waals surface area contributed by atoms with Gasteiger partial charge < -0.3 is 0 Å². The number of carbonyl (C=O) groups excluding carboxylic acids is 2. The Labute approximate surface area is 115 Å². The summed E-state index contributed by atoms with van der Waals surface area (Å²) in [6, 6.07) is 4.08. The van der Waals surface area contributed by atoms with Crippen molar-refractivity contribution in [2.45, 2.75) is 6.92 Å². The van der Waals surface area contributed by atoms with Crippen molar-refractivity contribution in [1.29, 1.82) is 0 Å². The standard InChI is InChI=1S/C12H12N2O4S/c1-7(6-19)5-13-11(15)8-3-2-4-9(14(17)18)10(8)12(13)16/h2-4,7,19H,5-6H2,1H3. The van der Waals surface area contributed by atoms with Gasteiger partial charge in [-0.2, -0.15) is 12.6 Å². The van der Waals surface area contributed by atoms with E-state index in [9.17, 15) is 19.7 Å². The Bertz CT molecular complexity index is 573. The van der Waals surface area contributed by atoms with E-state index in [1.54, 1.807) is 0 Å². The van der Waals surface area contributed by atoms with Gasteiger partial charge in [-0.15, -0.1) is 0 Å². The number of imide groups is 1. The molecule has 0 radical (unpaired) electrons. The van der Waals surface area contributed by atoms with Gasteiger partial charge in [0.15, 0.2) is 0 Å². The predicted octanol–water partition coefficient (Wildman–Crippen LogP) is 1.76. The summed E-state index contributed by atoms with van der Waals surface area (Å²) in [6.45, 7) is 2.07. The van der Waals surface area contributed by atoms with Gasteiger partial charge in [0.25, 0.3) is 17.5 Å². The molecule has 0 fully saturated rings. The van der Waals surface area contributed by atoms with Crippen molar-refractivity contribution in [3.8, 4) is 0 Å². The fourth-order valence-corrected chi connectivity index (χ4v) is 2.12. The topological polar surface area (TPSA) is 80.5 Å². The molecule has 1 unspecified atom stereocenters. The van der Waals surface area contributed by atoms with Crippen LogP contribution in [0, 0.1) is 16.0 Å². The van der Waals surface area contributed by atoms with Crippen molar-refractivity contribution in [1.82, 2.24) is 4.90 Å². The molecular formula is C12H12N2O4S. The van der Waals surface area contributed by atoms with Gasteiger partial charge in [0, 0.05) is 12.6 Å². The minimum absolute atomic E-state index is 0.0320. The summed E-state index contributed by atoms with van der Waals surface area (Å²) in [5.74, 6) is -0.516. The Morgan fingerprint density at radius 2 is 2.05 bits per heavy atom. The molecule has 1 aliphatic rings. The van der Waals surface area contributed by atoms with Crippen LogP contribution in [0.1, 0.15) is 27.6 Å². The summed E-state index contributed by atoms with van der Waals surface area (Å²) in [7, 11) is 0. The first-order valence-electron chi connectivity index (χ1n) is 5.71. The van der Waals surface area contributed by atoms with E-state index < -0.39 is 16.7 Å². The summed E-state index contributed by atoms with van der Waals surface area (Å²) in [5.41, 5.74) is -0.327. The summed E-state index contributed by atoms with van der Waals surface area (Å²) < 4.78 is 0. The molecule has 0 bridgehead atoms. The lowest BCUT2D eigenvalue weighted by Gasteiger charge is -2.17. The summed E-state index contributed by atoms with van der Waals surface area (Å²) >= 11 is 4.10. The highest BCUT2D eigenvalue weighted by atomic mass is 32.1. The van der Waals surface area contributed by atoms with Crippen LogP contribution in [0.5, 0.6) is 0 Å². The molecule has 1 aromatic carbocycles. The third kappa shape index (κ3) is 2.21. The molecule has 2 amide bonds. The molecule has 0 N–H and O–H groups in total. The largest absolute Gasteiger partial charge is 0.282 e. The summed E-state index contributed by atoms with van der Waals surface area (Å²) in [4.78, 5) is 35.6. The van der Waals surface area contributed by atoms with E-state index >= 15 is 0 Å². The Balaban J connectivity index is 2.44. The van der Waals surface area contributed by atoms with Crippen LogP contribution in [0.4, 0.5) is 5.69 Å². The number of carbonyl (C=O) groups is 2. The lowest BCUT2D eigenvalue weighted by molar-refractivity contribution is -0.385. The molecule has 0 saturated carbocycles. The number of nitro benzene ring substituents is 1. The van der Waals surface area contributed by atoms with Gasteiger partial charge in [-0.3, -0.25) is 24.6 Å². The van der Waals surface area contributed by atoms with Crippen molar-refractivity contribution >= 4 is 30.1 Å². The van der Waals surface area contributed by atoms with Crippen LogP contribution in [-0.4, -0.2) is 33.9 Å². The number of nitrogens with zero attached hydrogens (tertiary/aromatic N) is 2. The molecule has 1 aromatic rings. The van der Waals surface area contributed by atoms with Crippen LogP contribution in [0.25, 0.3) is 0 Å². The first-order valence-corrected chi connectivity index (χ1v) is 6.35. The molecule has 2 rings (SSSR count). The second-order valence-electron chi connectivity index (χ2n) is 4.47. The summed E-state index contributed by atoms with van der Waals surface area (Å²) in [5, 5.41) is 10.9. The maximum absolute atomic E-state index is 12.2. The van der Waals surface area contributed by atoms with Crippen LogP contribution in [0.3, 0.4) is 0 Å². The number of rotatable bonds is 4. The Morgan fingerprint density at radius 3 is 2.63 bits per heavy atom. The number of fused-ring (bicyclic) bond motifs is 1. The van der Waals surface area contributed by atoms with Crippen LogP contribution < -0.4 is 0 Å². The van der Waals surface area contributed by atoms with E-state index in [1.165, 1.54) is 18.2 Å². The molecule has 100 valence electrons. The van der Waals surface area contributed by atoms with Gasteiger partial charge in [-0.05, 0) is 17.7 Å². The highest BCUT2D eigenvalue weighted by Gasteiger charge is 2.40. The molecule has 1 aliphatic heterocycles. The van der Waals surface area contributed by atoms with E-state index in [1.807, 2.05) is 6.92 Å². The second kappa shape index (κ2) is 5.00. The number of nitro groups is 1. The number of hydrogen-bond donors (Lipinski definition) is 1. The first kappa shape index (κ1) is 13.5. The molecule has 6 nitrogen and oxygen atoms in total. The molecule has 0 spiro atoms. The Morgan fingerprint density at radius 1 is 1.37 bits per heavy atom. The zero-order valence-corrected chi connectivity index (χ0v) is 11.1. The lowest BCUT2D eigenvalue weighted by atomic mass is 10.1. The van der Waals surface area contributed by atoms with Crippen molar-refractivity contribution in [3.63, 3.8) is 0 Å². The number of amides is 2. The zero-order valence-electron chi connectivity index (χ0n) is 10.2. The number of thiol groups is 1. The van der Waals surface area contributed by atoms with Gasteiger partial charge >= 0.3 is 0 Å². The molecule has 0 saturated heterocycles.